The van der Waals surface area contributed by atoms with Crippen LogP contribution in [0.3, 0.4) is 0 Å². The van der Waals surface area contributed by atoms with Gasteiger partial charge in [0.2, 0.25) is 5.91 Å². The van der Waals surface area contributed by atoms with Crippen molar-refractivity contribution in [3.8, 4) is 0 Å². The van der Waals surface area contributed by atoms with E-state index in [2.05, 4.69) is 10.1 Å². The van der Waals surface area contributed by atoms with Gasteiger partial charge in [-0.15, -0.1) is 0 Å². The molecule has 1 aromatic carbocycles. The summed E-state index contributed by atoms with van der Waals surface area (Å²) in [5.41, 5.74) is 0.151. The number of rotatable bonds is 3. The molecule has 10 heteroatoms. The molecule has 0 aliphatic carbocycles. The number of alkyl halides is 3. The quantitative estimate of drug-likeness (QED) is 0.820. The van der Waals surface area contributed by atoms with E-state index < -0.39 is 30.0 Å². The van der Waals surface area contributed by atoms with Gasteiger partial charge in [0.25, 0.3) is 0 Å². The second kappa shape index (κ2) is 7.30. The van der Waals surface area contributed by atoms with Crippen LogP contribution in [0, 0.1) is 0 Å². The lowest BCUT2D eigenvalue weighted by atomic mass is 10.1. The molecule has 0 saturated carbocycles. The van der Waals surface area contributed by atoms with Crippen molar-refractivity contribution in [2.24, 2.45) is 0 Å². The smallest absolute Gasteiger partial charge is 0.465 e. The minimum absolute atomic E-state index is 0.00314. The molecule has 0 bridgehead atoms. The molecule has 1 unspecified atom stereocenters. The highest BCUT2D eigenvalue weighted by atomic mass is 35.5. The zero-order valence-corrected chi connectivity index (χ0v) is 13.8. The van der Waals surface area contributed by atoms with E-state index in [1.807, 2.05) is 0 Å². The minimum atomic E-state index is -5.04. The van der Waals surface area contributed by atoms with Crippen molar-refractivity contribution >= 4 is 35.1 Å². The summed E-state index contributed by atoms with van der Waals surface area (Å²) >= 11 is 5.86. The standard InChI is InChI=1S/C15H14ClF3N2O4/c1-25-13(23)9-7-8(4-5-10(9)16)20-12(22)11-3-2-6-21(11)14(24)15(17,18)19/h4-5,7,11H,2-3,6H2,1H3,(H,20,22). The summed E-state index contributed by atoms with van der Waals surface area (Å²) in [5, 5.41) is 2.50. The molecule has 1 fully saturated rings. The molecule has 6 nitrogen and oxygen atoms in total. The van der Waals surface area contributed by atoms with Crippen LogP contribution in [0.4, 0.5) is 18.9 Å². The molecule has 1 saturated heterocycles. The number of esters is 1. The lowest BCUT2D eigenvalue weighted by Gasteiger charge is -2.24. The largest absolute Gasteiger partial charge is 0.471 e. The third kappa shape index (κ3) is 4.22. The fourth-order valence-corrected chi connectivity index (χ4v) is 2.73. The highest BCUT2D eigenvalue weighted by Crippen LogP contribution is 2.27. The molecule has 1 heterocycles. The summed E-state index contributed by atoms with van der Waals surface area (Å²) in [7, 11) is 1.16. The molecule has 1 aliphatic rings. The number of methoxy groups -OCH3 is 1. The van der Waals surface area contributed by atoms with Crippen LogP contribution in [0.1, 0.15) is 23.2 Å². The Labute approximate surface area is 145 Å². The summed E-state index contributed by atoms with van der Waals surface area (Å²) in [5.74, 6) is -3.54. The van der Waals surface area contributed by atoms with E-state index >= 15 is 0 Å². The first-order valence-electron chi connectivity index (χ1n) is 7.21. The SMILES string of the molecule is COC(=O)c1cc(NC(=O)C2CCCN2C(=O)C(F)(F)F)ccc1Cl. The number of hydrogen-bond acceptors (Lipinski definition) is 4. The molecular weight excluding hydrogens is 365 g/mol. The average molecular weight is 379 g/mol. The van der Waals surface area contributed by atoms with Crippen LogP contribution in [0.15, 0.2) is 18.2 Å². The summed E-state index contributed by atoms with van der Waals surface area (Å²) < 4.78 is 42.4. The fourth-order valence-electron chi connectivity index (χ4n) is 2.54. The highest BCUT2D eigenvalue weighted by molar-refractivity contribution is 6.33. The number of anilines is 1. The Balaban J connectivity index is 2.16. The van der Waals surface area contributed by atoms with E-state index in [4.69, 9.17) is 11.6 Å². The first-order valence-corrected chi connectivity index (χ1v) is 7.59. The molecule has 2 rings (SSSR count). The van der Waals surface area contributed by atoms with E-state index in [-0.39, 0.29) is 35.7 Å². The molecule has 0 spiro atoms. The summed E-state index contributed by atoms with van der Waals surface area (Å²) in [6.07, 6.45) is -4.64. The maximum Gasteiger partial charge on any atom is 0.471 e. The lowest BCUT2D eigenvalue weighted by molar-refractivity contribution is -0.186. The van der Waals surface area contributed by atoms with Crippen molar-refractivity contribution in [1.29, 1.82) is 0 Å². The number of ether oxygens (including phenoxy) is 1. The fraction of sp³-hybridized carbons (Fsp3) is 0.400. The Morgan fingerprint density at radius 1 is 1.32 bits per heavy atom. The second-order valence-corrected chi connectivity index (χ2v) is 5.74. The molecule has 2 amide bonds. The normalized spacial score (nSPS) is 17.3. The molecule has 1 N–H and O–H groups in total. The van der Waals surface area contributed by atoms with E-state index in [0.29, 0.717) is 4.90 Å². The Morgan fingerprint density at radius 2 is 2.00 bits per heavy atom. The molecule has 1 aromatic rings. The molecule has 1 aliphatic heterocycles. The number of nitrogens with zero attached hydrogens (tertiary/aromatic N) is 1. The summed E-state index contributed by atoms with van der Waals surface area (Å²) in [6.45, 7) is -0.148. The average Bonchev–Trinajstić information content (AvgIpc) is 3.03. The number of hydrogen-bond donors (Lipinski definition) is 1. The Morgan fingerprint density at radius 3 is 2.60 bits per heavy atom. The van der Waals surface area contributed by atoms with E-state index in [1.165, 1.54) is 18.2 Å². The highest BCUT2D eigenvalue weighted by Gasteiger charge is 2.47. The van der Waals surface area contributed by atoms with Crippen LogP contribution in [-0.4, -0.2) is 48.6 Å². The second-order valence-electron chi connectivity index (χ2n) is 5.33. The summed E-state index contributed by atoms with van der Waals surface area (Å²) in [6, 6.07) is 2.75. The van der Waals surface area contributed by atoms with Gasteiger partial charge < -0.3 is 15.0 Å². The van der Waals surface area contributed by atoms with Crippen molar-refractivity contribution in [2.75, 3.05) is 19.0 Å². The van der Waals surface area contributed by atoms with E-state index in [0.717, 1.165) is 7.11 Å². The van der Waals surface area contributed by atoms with E-state index in [9.17, 15) is 27.6 Å². The molecule has 25 heavy (non-hydrogen) atoms. The zero-order valence-electron chi connectivity index (χ0n) is 13.0. The van der Waals surface area contributed by atoms with Crippen LogP contribution in [0.25, 0.3) is 0 Å². The third-order valence-electron chi connectivity index (χ3n) is 3.70. The first-order chi connectivity index (χ1) is 11.6. The van der Waals surface area contributed by atoms with Gasteiger partial charge in [0, 0.05) is 12.2 Å². The van der Waals surface area contributed by atoms with Crippen molar-refractivity contribution in [2.45, 2.75) is 25.1 Å². The van der Waals surface area contributed by atoms with Crippen LogP contribution in [-0.2, 0) is 14.3 Å². The van der Waals surface area contributed by atoms with Crippen LogP contribution < -0.4 is 5.32 Å². The number of nitrogens with one attached hydrogen (secondary N) is 1. The van der Waals surface area contributed by atoms with Gasteiger partial charge in [-0.05, 0) is 31.0 Å². The van der Waals surface area contributed by atoms with Gasteiger partial charge in [-0.3, -0.25) is 9.59 Å². The Bertz CT molecular complexity index is 709. The van der Waals surface area contributed by atoms with Gasteiger partial charge in [-0.25, -0.2) is 4.79 Å². The Kier molecular flexibility index (Phi) is 5.56. The Hall–Kier alpha value is -2.29. The monoisotopic (exact) mass is 378 g/mol. The predicted molar refractivity (Wildman–Crippen MR) is 82.2 cm³/mol. The van der Waals surface area contributed by atoms with Gasteiger partial charge in [0.15, 0.2) is 0 Å². The lowest BCUT2D eigenvalue weighted by Crippen LogP contribution is -2.48. The number of carbonyl (C=O) groups is 3. The zero-order chi connectivity index (χ0) is 18.8. The van der Waals surface area contributed by atoms with Crippen LogP contribution in [0.5, 0.6) is 0 Å². The third-order valence-corrected chi connectivity index (χ3v) is 4.03. The number of likely N-dealkylation sites (tertiary alicyclic amines) is 1. The predicted octanol–water partition coefficient (Wildman–Crippen LogP) is 2.62. The topological polar surface area (TPSA) is 75.7 Å². The molecule has 0 radical (unpaired) electrons. The number of benzene rings is 1. The maximum absolute atomic E-state index is 12.6. The number of amides is 2. The maximum atomic E-state index is 12.6. The van der Waals surface area contributed by atoms with Gasteiger partial charge in [0.05, 0.1) is 17.7 Å². The van der Waals surface area contributed by atoms with Gasteiger partial charge in [-0.2, -0.15) is 13.2 Å². The van der Waals surface area contributed by atoms with Gasteiger partial charge in [0.1, 0.15) is 6.04 Å². The number of halogens is 4. The first kappa shape index (κ1) is 19.0. The molecule has 136 valence electrons. The van der Waals surface area contributed by atoms with Crippen molar-refractivity contribution < 1.29 is 32.3 Å². The van der Waals surface area contributed by atoms with Crippen molar-refractivity contribution in [1.82, 2.24) is 4.90 Å². The van der Waals surface area contributed by atoms with Crippen molar-refractivity contribution in [3.63, 3.8) is 0 Å². The van der Waals surface area contributed by atoms with E-state index in [1.54, 1.807) is 0 Å². The van der Waals surface area contributed by atoms with Gasteiger partial charge >= 0.3 is 18.1 Å². The van der Waals surface area contributed by atoms with Crippen LogP contribution in [0.2, 0.25) is 5.02 Å². The summed E-state index contributed by atoms with van der Waals surface area (Å²) in [4.78, 5) is 35.8. The van der Waals surface area contributed by atoms with Crippen LogP contribution >= 0.6 is 11.6 Å². The molecule has 0 aromatic heterocycles. The number of carbonyl (C=O) groups excluding carboxylic acids is 3. The van der Waals surface area contributed by atoms with Crippen molar-refractivity contribution in [3.05, 3.63) is 28.8 Å². The minimum Gasteiger partial charge on any atom is -0.465 e. The molecular formula is C15H14ClF3N2O4. The van der Waals surface area contributed by atoms with Gasteiger partial charge in [-0.1, -0.05) is 11.6 Å². The molecule has 1 atom stereocenters.